The van der Waals surface area contributed by atoms with Gasteiger partial charge in [-0.05, 0) is 30.7 Å². The van der Waals surface area contributed by atoms with E-state index >= 15 is 0 Å². The fraction of sp³-hybridized carbons (Fsp3) is 0.214. The molecule has 1 heterocycles. The highest BCUT2D eigenvalue weighted by molar-refractivity contribution is 5.41. The maximum atomic E-state index is 13.2. The highest BCUT2D eigenvalue weighted by atomic mass is 19.1. The van der Waals surface area contributed by atoms with Gasteiger partial charge < -0.3 is 15.0 Å². The average molecular weight is 280 g/mol. The summed E-state index contributed by atoms with van der Waals surface area (Å²) in [5.74, 6) is -2.98. The van der Waals surface area contributed by atoms with E-state index in [-0.39, 0.29) is 12.1 Å². The van der Waals surface area contributed by atoms with Crippen molar-refractivity contribution in [1.29, 1.82) is 0 Å². The summed E-state index contributed by atoms with van der Waals surface area (Å²) < 4.78 is 27.9. The summed E-state index contributed by atoms with van der Waals surface area (Å²) in [5, 5.41) is 12.0. The molecule has 0 aliphatic rings. The van der Waals surface area contributed by atoms with Gasteiger partial charge in [0.2, 0.25) is 0 Å². The number of aromatic hydroxyl groups is 1. The number of anilines is 1. The maximum Gasteiger partial charge on any atom is 0.250 e. The van der Waals surface area contributed by atoms with Gasteiger partial charge in [0, 0.05) is 25.4 Å². The normalized spacial score (nSPS) is 10.6. The lowest BCUT2D eigenvalue weighted by Gasteiger charge is -2.09. The molecule has 1 aromatic carbocycles. The third-order valence-electron chi connectivity index (χ3n) is 2.90. The summed E-state index contributed by atoms with van der Waals surface area (Å²) in [6, 6.07) is 5.13. The maximum absolute atomic E-state index is 13.2. The number of aryl methyl sites for hydroxylation is 1. The van der Waals surface area contributed by atoms with Crippen molar-refractivity contribution in [3.05, 3.63) is 58.0 Å². The van der Waals surface area contributed by atoms with E-state index in [9.17, 15) is 13.6 Å². The Bertz CT molecular complexity index is 660. The van der Waals surface area contributed by atoms with Crippen LogP contribution in [0.4, 0.5) is 14.5 Å². The number of halogens is 2. The zero-order valence-electron chi connectivity index (χ0n) is 10.9. The molecule has 0 fully saturated rings. The van der Waals surface area contributed by atoms with Gasteiger partial charge in [0.15, 0.2) is 17.4 Å². The number of nitrogens with zero attached hydrogens (tertiary/aromatic N) is 1. The zero-order valence-corrected chi connectivity index (χ0v) is 10.9. The predicted molar refractivity (Wildman–Crippen MR) is 71.7 cm³/mol. The van der Waals surface area contributed by atoms with Gasteiger partial charge in [-0.25, -0.2) is 8.78 Å². The third-order valence-corrected chi connectivity index (χ3v) is 2.90. The van der Waals surface area contributed by atoms with E-state index < -0.39 is 17.4 Å². The average Bonchev–Trinajstić information content (AvgIpc) is 2.43. The van der Waals surface area contributed by atoms with Gasteiger partial charge >= 0.3 is 0 Å². The van der Waals surface area contributed by atoms with Crippen molar-refractivity contribution in [2.75, 3.05) is 5.32 Å². The Balaban J connectivity index is 2.15. The van der Waals surface area contributed by atoms with E-state index in [4.69, 9.17) is 5.11 Å². The molecule has 0 atom stereocenters. The fourth-order valence-corrected chi connectivity index (χ4v) is 1.81. The first-order chi connectivity index (χ1) is 9.51. The first-order valence-electron chi connectivity index (χ1n) is 6.12. The van der Waals surface area contributed by atoms with E-state index in [0.29, 0.717) is 17.8 Å². The van der Waals surface area contributed by atoms with E-state index in [1.807, 2.05) is 6.92 Å². The molecule has 0 saturated heterocycles. The van der Waals surface area contributed by atoms with Crippen molar-refractivity contribution in [1.82, 2.24) is 4.57 Å². The summed E-state index contributed by atoms with van der Waals surface area (Å²) in [6.07, 6.45) is 1.63. The standard InChI is InChI=1S/C14H14F2N2O2/c1-2-18-8-10(3-4-13(18)19)17-7-9-5-11(15)14(20)12(16)6-9/h3-6,8,17,20H,2,7H2,1H3. The Morgan fingerprint density at radius 1 is 1.25 bits per heavy atom. The molecule has 0 aliphatic heterocycles. The number of nitrogens with one attached hydrogen (secondary N) is 1. The van der Waals surface area contributed by atoms with Crippen LogP contribution in [0.25, 0.3) is 0 Å². The number of benzene rings is 1. The first kappa shape index (κ1) is 14.0. The number of pyridine rings is 1. The highest BCUT2D eigenvalue weighted by Crippen LogP contribution is 2.21. The molecular formula is C14H14F2N2O2. The van der Waals surface area contributed by atoms with Crippen LogP contribution >= 0.6 is 0 Å². The van der Waals surface area contributed by atoms with Crippen molar-refractivity contribution in [3.63, 3.8) is 0 Å². The minimum absolute atomic E-state index is 0.111. The molecule has 0 saturated carbocycles. The topological polar surface area (TPSA) is 54.3 Å². The summed E-state index contributed by atoms with van der Waals surface area (Å²) in [4.78, 5) is 11.4. The van der Waals surface area contributed by atoms with Crippen LogP contribution in [0.2, 0.25) is 0 Å². The predicted octanol–water partition coefficient (Wildman–Crippen LogP) is 2.46. The molecule has 0 amide bonds. The van der Waals surface area contributed by atoms with Crippen LogP contribution in [0.15, 0.2) is 35.3 Å². The van der Waals surface area contributed by atoms with Gasteiger partial charge in [-0.15, -0.1) is 0 Å². The van der Waals surface area contributed by atoms with Crippen molar-refractivity contribution in [2.24, 2.45) is 0 Å². The second-order valence-electron chi connectivity index (χ2n) is 4.30. The largest absolute Gasteiger partial charge is 0.503 e. The molecule has 2 aromatic rings. The molecule has 0 bridgehead atoms. The zero-order chi connectivity index (χ0) is 14.7. The molecule has 106 valence electrons. The number of rotatable bonds is 4. The summed E-state index contributed by atoms with van der Waals surface area (Å²) in [7, 11) is 0. The van der Waals surface area contributed by atoms with Crippen LogP contribution in [0.1, 0.15) is 12.5 Å². The Morgan fingerprint density at radius 3 is 2.50 bits per heavy atom. The highest BCUT2D eigenvalue weighted by Gasteiger charge is 2.09. The van der Waals surface area contributed by atoms with E-state index in [1.54, 1.807) is 12.3 Å². The monoisotopic (exact) mass is 280 g/mol. The molecule has 2 rings (SSSR count). The van der Waals surface area contributed by atoms with Gasteiger partial charge in [0.05, 0.1) is 5.69 Å². The van der Waals surface area contributed by atoms with E-state index in [1.165, 1.54) is 10.6 Å². The Labute approximate surface area is 114 Å². The lowest BCUT2D eigenvalue weighted by Crippen LogP contribution is -2.17. The molecule has 0 unspecified atom stereocenters. The Hall–Kier alpha value is -2.37. The van der Waals surface area contributed by atoms with Gasteiger partial charge in [-0.2, -0.15) is 0 Å². The molecule has 4 nitrogen and oxygen atoms in total. The fourth-order valence-electron chi connectivity index (χ4n) is 1.81. The van der Waals surface area contributed by atoms with Crippen molar-refractivity contribution >= 4 is 5.69 Å². The van der Waals surface area contributed by atoms with Crippen LogP contribution in [0.3, 0.4) is 0 Å². The number of phenolic OH excluding ortho intramolecular Hbond substituents is 1. The SMILES string of the molecule is CCn1cc(NCc2cc(F)c(O)c(F)c2)ccc1=O. The van der Waals surface area contributed by atoms with Crippen LogP contribution in [0, 0.1) is 11.6 Å². The number of aromatic nitrogens is 1. The molecular weight excluding hydrogens is 266 g/mol. The second kappa shape index (κ2) is 5.73. The van der Waals surface area contributed by atoms with Crippen molar-refractivity contribution < 1.29 is 13.9 Å². The first-order valence-corrected chi connectivity index (χ1v) is 6.12. The Morgan fingerprint density at radius 2 is 1.90 bits per heavy atom. The lowest BCUT2D eigenvalue weighted by molar-refractivity contribution is 0.395. The quantitative estimate of drug-likeness (QED) is 0.904. The van der Waals surface area contributed by atoms with Gasteiger partial charge in [0.25, 0.3) is 5.56 Å². The van der Waals surface area contributed by atoms with Gasteiger partial charge in [-0.3, -0.25) is 4.79 Å². The Kier molecular flexibility index (Phi) is 4.02. The van der Waals surface area contributed by atoms with Crippen LogP contribution in [-0.4, -0.2) is 9.67 Å². The minimum atomic E-state index is -1.000. The minimum Gasteiger partial charge on any atom is -0.503 e. The summed E-state index contributed by atoms with van der Waals surface area (Å²) in [6.45, 7) is 2.56. The number of hydrogen-bond acceptors (Lipinski definition) is 3. The van der Waals surface area contributed by atoms with Crippen LogP contribution < -0.4 is 10.9 Å². The van der Waals surface area contributed by atoms with Crippen molar-refractivity contribution in [3.8, 4) is 5.75 Å². The smallest absolute Gasteiger partial charge is 0.250 e. The molecule has 6 heteroatoms. The molecule has 2 N–H and O–H groups in total. The van der Waals surface area contributed by atoms with E-state index in [2.05, 4.69) is 5.32 Å². The van der Waals surface area contributed by atoms with Crippen molar-refractivity contribution in [2.45, 2.75) is 20.0 Å². The number of hydrogen-bond donors (Lipinski definition) is 2. The van der Waals surface area contributed by atoms with Crippen LogP contribution in [-0.2, 0) is 13.1 Å². The van der Waals surface area contributed by atoms with Gasteiger partial charge in [-0.1, -0.05) is 0 Å². The molecule has 20 heavy (non-hydrogen) atoms. The lowest BCUT2D eigenvalue weighted by atomic mass is 10.2. The molecule has 0 spiro atoms. The summed E-state index contributed by atoms with van der Waals surface area (Å²) >= 11 is 0. The van der Waals surface area contributed by atoms with Gasteiger partial charge in [0.1, 0.15) is 0 Å². The molecule has 0 radical (unpaired) electrons. The molecule has 0 aliphatic carbocycles. The summed E-state index contributed by atoms with van der Waals surface area (Å²) in [5.41, 5.74) is 0.909. The second-order valence-corrected chi connectivity index (χ2v) is 4.30. The molecule has 1 aromatic heterocycles. The van der Waals surface area contributed by atoms with E-state index in [0.717, 1.165) is 12.1 Å². The van der Waals surface area contributed by atoms with Crippen LogP contribution in [0.5, 0.6) is 5.75 Å². The number of phenols is 1. The third kappa shape index (κ3) is 2.96.